The van der Waals surface area contributed by atoms with Crippen molar-refractivity contribution in [2.24, 2.45) is 0 Å². The highest BCUT2D eigenvalue weighted by Crippen LogP contribution is 2.23. The highest BCUT2D eigenvalue weighted by molar-refractivity contribution is 7.18. The molecular weight excluding hydrogens is 368 g/mol. The van der Waals surface area contributed by atoms with Crippen LogP contribution in [0, 0.1) is 0 Å². The molecule has 0 aliphatic heterocycles. The Kier molecular flexibility index (Phi) is 4.18. The Morgan fingerprint density at radius 1 is 0.964 bits per heavy atom. The maximum absolute atomic E-state index is 13.3. The standard InChI is InChI=1S/C22H16N4OS/c27-22-16(9-10-20-25-18-7-1-2-8-19(18)28-20)13-15-5-3-12-24-21(15)26(22)17-6-4-11-23-14-17/h1-8,11-14H,9-10H2. The van der Waals surface area contributed by atoms with Crippen molar-refractivity contribution >= 4 is 32.6 Å². The minimum Gasteiger partial charge on any atom is -0.269 e. The summed E-state index contributed by atoms with van der Waals surface area (Å²) in [5, 5.41) is 1.98. The molecule has 5 nitrogen and oxygen atoms in total. The quantitative estimate of drug-likeness (QED) is 0.466. The van der Waals surface area contributed by atoms with Crippen LogP contribution in [0.15, 0.2) is 78.0 Å². The number of aromatic nitrogens is 4. The predicted octanol–water partition coefficient (Wildman–Crippen LogP) is 4.18. The van der Waals surface area contributed by atoms with Gasteiger partial charge in [0.2, 0.25) is 0 Å². The highest BCUT2D eigenvalue weighted by Gasteiger charge is 2.13. The molecular formula is C22H16N4OS. The van der Waals surface area contributed by atoms with Gasteiger partial charge >= 0.3 is 0 Å². The molecule has 0 spiro atoms. The molecule has 1 aromatic carbocycles. The second kappa shape index (κ2) is 6.98. The SMILES string of the molecule is O=c1c(CCc2nc3ccccc3s2)cc2cccnc2n1-c1cccnc1. The van der Waals surface area contributed by atoms with Crippen LogP contribution in [-0.2, 0) is 12.8 Å². The van der Waals surface area contributed by atoms with Gasteiger partial charge in [-0.1, -0.05) is 12.1 Å². The van der Waals surface area contributed by atoms with Gasteiger partial charge < -0.3 is 0 Å². The largest absolute Gasteiger partial charge is 0.269 e. The van der Waals surface area contributed by atoms with Crippen LogP contribution in [-0.4, -0.2) is 19.5 Å². The summed E-state index contributed by atoms with van der Waals surface area (Å²) in [7, 11) is 0. The van der Waals surface area contributed by atoms with Gasteiger partial charge in [-0.25, -0.2) is 9.97 Å². The van der Waals surface area contributed by atoms with E-state index in [-0.39, 0.29) is 5.56 Å². The number of benzene rings is 1. The fourth-order valence-corrected chi connectivity index (χ4v) is 4.34. The molecule has 0 radical (unpaired) electrons. The number of pyridine rings is 3. The van der Waals surface area contributed by atoms with Crippen LogP contribution in [0.5, 0.6) is 0 Å². The van der Waals surface area contributed by atoms with Crippen molar-refractivity contribution in [1.82, 2.24) is 19.5 Å². The molecule has 4 heterocycles. The maximum atomic E-state index is 13.3. The number of hydrogen-bond donors (Lipinski definition) is 0. The van der Waals surface area contributed by atoms with Gasteiger partial charge in [0.25, 0.3) is 5.56 Å². The van der Waals surface area contributed by atoms with Crippen LogP contribution in [0.25, 0.3) is 26.9 Å². The summed E-state index contributed by atoms with van der Waals surface area (Å²) < 4.78 is 2.82. The number of hydrogen-bond acceptors (Lipinski definition) is 5. The first kappa shape index (κ1) is 16.8. The molecule has 0 fully saturated rings. The molecule has 0 aliphatic carbocycles. The van der Waals surface area contributed by atoms with Crippen molar-refractivity contribution in [2.45, 2.75) is 12.8 Å². The van der Waals surface area contributed by atoms with Gasteiger partial charge in [0, 0.05) is 29.8 Å². The van der Waals surface area contributed by atoms with E-state index in [0.29, 0.717) is 12.1 Å². The average molecular weight is 384 g/mol. The van der Waals surface area contributed by atoms with E-state index in [1.54, 1.807) is 34.5 Å². The average Bonchev–Trinajstić information content (AvgIpc) is 3.16. The van der Waals surface area contributed by atoms with Crippen molar-refractivity contribution in [3.63, 3.8) is 0 Å². The molecule has 5 rings (SSSR count). The highest BCUT2D eigenvalue weighted by atomic mass is 32.1. The number of fused-ring (bicyclic) bond motifs is 2. The fraction of sp³-hybridized carbons (Fsp3) is 0.0909. The molecule has 136 valence electrons. The van der Waals surface area contributed by atoms with E-state index in [4.69, 9.17) is 0 Å². The third-order valence-corrected chi connectivity index (χ3v) is 5.78. The molecule has 0 bridgehead atoms. The third-order valence-electron chi connectivity index (χ3n) is 4.69. The van der Waals surface area contributed by atoms with Crippen LogP contribution >= 0.6 is 11.3 Å². The topological polar surface area (TPSA) is 60.7 Å². The van der Waals surface area contributed by atoms with Crippen LogP contribution in [0.4, 0.5) is 0 Å². The lowest BCUT2D eigenvalue weighted by atomic mass is 10.1. The summed E-state index contributed by atoms with van der Waals surface area (Å²) in [5.74, 6) is 0. The lowest BCUT2D eigenvalue weighted by molar-refractivity contribution is 0.895. The number of nitrogens with zero attached hydrogens (tertiary/aromatic N) is 4. The Morgan fingerprint density at radius 3 is 2.71 bits per heavy atom. The second-order valence-corrected chi connectivity index (χ2v) is 7.63. The zero-order valence-corrected chi connectivity index (χ0v) is 15.8. The first-order valence-electron chi connectivity index (χ1n) is 9.04. The molecule has 0 saturated carbocycles. The number of aryl methyl sites for hydroxylation is 2. The Balaban J connectivity index is 1.58. The van der Waals surface area contributed by atoms with Crippen LogP contribution in [0.1, 0.15) is 10.6 Å². The molecule has 28 heavy (non-hydrogen) atoms. The Morgan fingerprint density at radius 2 is 1.86 bits per heavy atom. The molecule has 0 unspecified atom stereocenters. The van der Waals surface area contributed by atoms with Crippen LogP contribution < -0.4 is 5.56 Å². The molecule has 5 aromatic rings. The lowest BCUT2D eigenvalue weighted by Gasteiger charge is -2.11. The van der Waals surface area contributed by atoms with Crippen molar-refractivity contribution < 1.29 is 0 Å². The van der Waals surface area contributed by atoms with E-state index in [1.807, 2.05) is 48.5 Å². The first-order chi connectivity index (χ1) is 13.8. The Labute approximate surface area is 165 Å². The number of thiazole rings is 1. The van der Waals surface area contributed by atoms with Gasteiger partial charge in [0.15, 0.2) is 0 Å². The van der Waals surface area contributed by atoms with Crippen LogP contribution in [0.2, 0.25) is 0 Å². The van der Waals surface area contributed by atoms with E-state index in [1.165, 1.54) is 4.70 Å². The fourth-order valence-electron chi connectivity index (χ4n) is 3.37. The maximum Gasteiger partial charge on any atom is 0.260 e. The van der Waals surface area contributed by atoms with E-state index >= 15 is 0 Å². The molecule has 0 atom stereocenters. The normalized spacial score (nSPS) is 11.3. The summed E-state index contributed by atoms with van der Waals surface area (Å²) >= 11 is 1.68. The number of para-hydroxylation sites is 1. The van der Waals surface area contributed by atoms with Gasteiger partial charge in [-0.3, -0.25) is 14.3 Å². The molecule has 0 aliphatic rings. The molecule has 0 saturated heterocycles. The van der Waals surface area contributed by atoms with E-state index in [2.05, 4.69) is 21.0 Å². The van der Waals surface area contributed by atoms with Gasteiger partial charge in [-0.15, -0.1) is 11.3 Å². The zero-order valence-electron chi connectivity index (χ0n) is 14.9. The van der Waals surface area contributed by atoms with Crippen molar-refractivity contribution in [2.75, 3.05) is 0 Å². The predicted molar refractivity (Wildman–Crippen MR) is 112 cm³/mol. The van der Waals surface area contributed by atoms with E-state index in [0.717, 1.165) is 33.6 Å². The smallest absolute Gasteiger partial charge is 0.260 e. The first-order valence-corrected chi connectivity index (χ1v) is 9.86. The summed E-state index contributed by atoms with van der Waals surface area (Å²) in [5.41, 5.74) is 3.07. The minimum absolute atomic E-state index is 0.0553. The van der Waals surface area contributed by atoms with Crippen molar-refractivity contribution in [1.29, 1.82) is 0 Å². The minimum atomic E-state index is -0.0553. The molecule has 4 aromatic heterocycles. The molecule has 0 N–H and O–H groups in total. The molecule has 0 amide bonds. The van der Waals surface area contributed by atoms with E-state index < -0.39 is 0 Å². The Hall–Kier alpha value is -3.38. The summed E-state index contributed by atoms with van der Waals surface area (Å²) in [6.07, 6.45) is 6.45. The van der Waals surface area contributed by atoms with Gasteiger partial charge in [0.05, 0.1) is 27.1 Å². The van der Waals surface area contributed by atoms with Gasteiger partial charge in [0.1, 0.15) is 5.65 Å². The van der Waals surface area contributed by atoms with Gasteiger partial charge in [-0.05, 0) is 48.9 Å². The zero-order chi connectivity index (χ0) is 18.9. The lowest BCUT2D eigenvalue weighted by Crippen LogP contribution is -2.23. The monoisotopic (exact) mass is 384 g/mol. The third kappa shape index (κ3) is 2.97. The van der Waals surface area contributed by atoms with Crippen molar-refractivity contribution in [3.8, 4) is 5.69 Å². The van der Waals surface area contributed by atoms with Gasteiger partial charge in [-0.2, -0.15) is 0 Å². The number of rotatable bonds is 4. The van der Waals surface area contributed by atoms with Crippen LogP contribution in [0.3, 0.4) is 0 Å². The second-order valence-electron chi connectivity index (χ2n) is 6.51. The summed E-state index contributed by atoms with van der Waals surface area (Å²) in [4.78, 5) is 26.5. The van der Waals surface area contributed by atoms with E-state index in [9.17, 15) is 4.79 Å². The Bertz CT molecular complexity index is 1310. The summed E-state index contributed by atoms with van der Waals surface area (Å²) in [6, 6.07) is 17.6. The van der Waals surface area contributed by atoms with Crippen molar-refractivity contribution in [3.05, 3.63) is 94.1 Å². The molecule has 6 heteroatoms. The summed E-state index contributed by atoms with van der Waals surface area (Å²) in [6.45, 7) is 0.